The molecule has 4 aromatic rings. The summed E-state index contributed by atoms with van der Waals surface area (Å²) in [5, 5.41) is 37.9. The zero-order valence-electron chi connectivity index (χ0n) is 24.9. The third-order valence-corrected chi connectivity index (χ3v) is 6.49. The van der Waals surface area contributed by atoms with E-state index in [4.69, 9.17) is 0 Å². The van der Waals surface area contributed by atoms with Gasteiger partial charge < -0.3 is 30.4 Å². The van der Waals surface area contributed by atoms with E-state index in [2.05, 4.69) is 48.1 Å². The van der Waals surface area contributed by atoms with Gasteiger partial charge in [-0.05, 0) is 51.2 Å². The number of nitrogens with zero attached hydrogens (tertiary/aromatic N) is 2. The molecular formula is C34H42N2O4Pt2-2. The average molecular weight is 933 g/mol. The first-order valence-corrected chi connectivity index (χ1v) is 13.5. The second-order valence-electron chi connectivity index (χ2n) is 10.1. The van der Waals surface area contributed by atoms with Crippen molar-refractivity contribution < 1.29 is 62.6 Å². The molecule has 0 fully saturated rings. The maximum atomic E-state index is 9.47. The quantitative estimate of drug-likeness (QED) is 0.184. The van der Waals surface area contributed by atoms with E-state index in [1.54, 1.807) is 40.1 Å². The van der Waals surface area contributed by atoms with Crippen molar-refractivity contribution in [1.29, 1.82) is 0 Å². The Morgan fingerprint density at radius 1 is 0.524 bits per heavy atom. The summed E-state index contributed by atoms with van der Waals surface area (Å²) in [7, 11) is 0. The molecule has 6 nitrogen and oxygen atoms in total. The van der Waals surface area contributed by atoms with Crippen LogP contribution in [0.1, 0.15) is 38.8 Å². The fourth-order valence-electron chi connectivity index (χ4n) is 4.46. The van der Waals surface area contributed by atoms with Crippen molar-refractivity contribution >= 4 is 0 Å². The van der Waals surface area contributed by atoms with Gasteiger partial charge in [-0.15, -0.1) is 70.8 Å². The van der Waals surface area contributed by atoms with E-state index < -0.39 is 36.3 Å². The van der Waals surface area contributed by atoms with Gasteiger partial charge in [0.25, 0.3) is 0 Å². The Balaban J connectivity index is 0.000000586. The molecule has 2 heterocycles. The van der Waals surface area contributed by atoms with Gasteiger partial charge in [-0.2, -0.15) is 0 Å². The van der Waals surface area contributed by atoms with Crippen molar-refractivity contribution in [3.8, 4) is 22.5 Å². The largest absolute Gasteiger partial charge is 0.393 e. The minimum absolute atomic E-state index is 0. The van der Waals surface area contributed by atoms with Crippen molar-refractivity contribution in [2.24, 2.45) is 11.8 Å². The molecule has 4 rings (SSSR count). The number of hydrogen-bond acceptors (Lipinski definition) is 6. The number of rotatable bonds is 7. The number of aromatic nitrogens is 2. The van der Waals surface area contributed by atoms with Gasteiger partial charge in [-0.3, -0.25) is 0 Å². The summed E-state index contributed by atoms with van der Waals surface area (Å²) in [6.45, 7) is 10.3. The minimum Gasteiger partial charge on any atom is -0.393 e. The van der Waals surface area contributed by atoms with Gasteiger partial charge in [-0.1, -0.05) is 38.1 Å². The third kappa shape index (κ3) is 13.5. The number of aliphatic hydroxyl groups excluding tert-OH is 4. The van der Waals surface area contributed by atoms with Crippen LogP contribution in [0.4, 0.5) is 0 Å². The molecule has 0 aliphatic heterocycles. The van der Waals surface area contributed by atoms with Gasteiger partial charge in [0.2, 0.25) is 0 Å². The molecule has 0 spiro atoms. The van der Waals surface area contributed by atoms with Gasteiger partial charge >= 0.3 is 0 Å². The first kappa shape index (κ1) is 40.0. The Morgan fingerprint density at radius 2 is 0.857 bits per heavy atom. The molecule has 4 unspecified atom stereocenters. The first-order valence-electron chi connectivity index (χ1n) is 13.5. The Kier molecular flexibility index (Phi) is 19.8. The van der Waals surface area contributed by atoms with Crippen molar-refractivity contribution in [1.82, 2.24) is 9.97 Å². The molecule has 0 radical (unpaired) electrons. The summed E-state index contributed by atoms with van der Waals surface area (Å²) in [6.07, 6.45) is 0.549. The smallest absolute Gasteiger partial charge is 0.0569 e. The molecule has 0 bridgehead atoms. The standard InChI is InChI=1S/2C12H10N.C10H22O4.2Pt/c2*1-10-5-7-11(8-6-10)12-4-2-3-9-13-12;1-5(11)9(6(2)12)10(7(3)13)8(4)14;;/h2*2-7,9H,1H3;5-14H,1-4H3;;/q2*-1;;;. The summed E-state index contributed by atoms with van der Waals surface area (Å²) < 4.78 is 0. The van der Waals surface area contributed by atoms with Crippen molar-refractivity contribution in [3.05, 3.63) is 108 Å². The van der Waals surface area contributed by atoms with Crippen LogP contribution in [0.2, 0.25) is 0 Å². The Hall–Kier alpha value is -2.04. The molecular weight excluding hydrogens is 891 g/mol. The summed E-state index contributed by atoms with van der Waals surface area (Å²) >= 11 is 0. The number of pyridine rings is 2. The molecule has 0 saturated carbocycles. The molecule has 0 aliphatic carbocycles. The van der Waals surface area contributed by atoms with Crippen LogP contribution in [-0.2, 0) is 42.1 Å². The van der Waals surface area contributed by atoms with Crippen LogP contribution in [0.5, 0.6) is 0 Å². The van der Waals surface area contributed by atoms with Gasteiger partial charge in [0.1, 0.15) is 0 Å². The summed E-state index contributed by atoms with van der Waals surface area (Å²) in [5.74, 6) is -1.04. The molecule has 0 amide bonds. The predicted molar refractivity (Wildman–Crippen MR) is 160 cm³/mol. The van der Waals surface area contributed by atoms with E-state index in [9.17, 15) is 20.4 Å². The molecule has 4 N–H and O–H groups in total. The monoisotopic (exact) mass is 932 g/mol. The molecule has 0 saturated heterocycles. The van der Waals surface area contributed by atoms with Gasteiger partial charge in [0, 0.05) is 66.4 Å². The zero-order chi connectivity index (χ0) is 29.7. The number of hydrogen-bond donors (Lipinski definition) is 4. The van der Waals surface area contributed by atoms with E-state index in [0.717, 1.165) is 22.5 Å². The summed E-state index contributed by atoms with van der Waals surface area (Å²) in [6, 6.07) is 30.3. The second-order valence-corrected chi connectivity index (χ2v) is 10.1. The summed E-state index contributed by atoms with van der Waals surface area (Å²) in [4.78, 5) is 8.49. The summed E-state index contributed by atoms with van der Waals surface area (Å²) in [5.41, 5.74) is 6.49. The van der Waals surface area contributed by atoms with Crippen molar-refractivity contribution in [2.75, 3.05) is 0 Å². The van der Waals surface area contributed by atoms with Crippen LogP contribution >= 0.6 is 0 Å². The molecule has 2 aromatic carbocycles. The maximum Gasteiger partial charge on any atom is 0.0569 e. The van der Waals surface area contributed by atoms with E-state index in [0.29, 0.717) is 0 Å². The van der Waals surface area contributed by atoms with Crippen LogP contribution in [0, 0.1) is 37.8 Å². The van der Waals surface area contributed by atoms with E-state index in [-0.39, 0.29) is 42.1 Å². The molecule has 234 valence electrons. The number of aryl methyl sites for hydroxylation is 2. The fourth-order valence-corrected chi connectivity index (χ4v) is 4.46. The van der Waals surface area contributed by atoms with Crippen LogP contribution < -0.4 is 0 Å². The molecule has 0 aliphatic rings. The average Bonchev–Trinajstić information content (AvgIpc) is 2.93. The topological polar surface area (TPSA) is 107 Å². The minimum atomic E-state index is -0.760. The zero-order valence-corrected chi connectivity index (χ0v) is 29.4. The normalized spacial score (nSPS) is 14.4. The van der Waals surface area contributed by atoms with Crippen LogP contribution in [0.3, 0.4) is 0 Å². The predicted octanol–water partition coefficient (Wildman–Crippen LogP) is 5.45. The number of aliphatic hydroxyl groups is 4. The Labute approximate surface area is 279 Å². The SMILES string of the molecule is CC(O)C(C(C)O)C(C(C)O)C(C)O.Cc1c[c-]c(-c2ccccn2)cc1.Cc1c[c-]c(-c2ccccn2)cc1.[Pt].[Pt]. The number of benzene rings is 2. The van der Waals surface area contributed by atoms with Crippen LogP contribution in [0.15, 0.2) is 85.2 Å². The molecule has 2 aromatic heterocycles. The van der Waals surface area contributed by atoms with Crippen LogP contribution in [0.25, 0.3) is 22.5 Å². The van der Waals surface area contributed by atoms with E-state index in [1.807, 2.05) is 60.7 Å². The van der Waals surface area contributed by atoms with Gasteiger partial charge in [0.05, 0.1) is 24.4 Å². The second kappa shape index (κ2) is 20.8. The van der Waals surface area contributed by atoms with Gasteiger partial charge in [-0.25, -0.2) is 0 Å². The Morgan fingerprint density at radius 3 is 1.07 bits per heavy atom. The fraction of sp³-hybridized carbons (Fsp3) is 0.353. The molecule has 4 atom stereocenters. The Bertz CT molecular complexity index is 1110. The van der Waals surface area contributed by atoms with E-state index >= 15 is 0 Å². The van der Waals surface area contributed by atoms with Crippen molar-refractivity contribution in [3.63, 3.8) is 0 Å². The third-order valence-electron chi connectivity index (χ3n) is 6.49. The van der Waals surface area contributed by atoms with Crippen LogP contribution in [-0.4, -0.2) is 54.8 Å². The molecule has 8 heteroatoms. The van der Waals surface area contributed by atoms with E-state index in [1.165, 1.54) is 11.1 Å². The van der Waals surface area contributed by atoms with Gasteiger partial charge in [0.15, 0.2) is 0 Å². The maximum absolute atomic E-state index is 9.47. The van der Waals surface area contributed by atoms with Crippen molar-refractivity contribution in [2.45, 2.75) is 66.0 Å². The first-order chi connectivity index (χ1) is 19.0. The molecule has 42 heavy (non-hydrogen) atoms.